The van der Waals surface area contributed by atoms with Crippen molar-refractivity contribution in [2.75, 3.05) is 7.11 Å². The molecule has 1 aromatic rings. The van der Waals surface area contributed by atoms with Gasteiger partial charge in [0.2, 0.25) is 0 Å². The maximum Gasteiger partial charge on any atom is 0.133 e. The Hall–Kier alpha value is -0.000000000000000111. The fourth-order valence-electron chi connectivity index (χ4n) is 0.847. The molecule has 0 bridgehead atoms. The first-order valence-corrected chi connectivity index (χ1v) is 4.77. The molecular weight excluding hydrogens is 290 g/mol. The second kappa shape index (κ2) is 4.30. The van der Waals surface area contributed by atoms with Crippen LogP contribution in [0.1, 0.15) is 5.56 Å². The lowest BCUT2D eigenvalue weighted by Crippen LogP contribution is -1.91. The highest BCUT2D eigenvalue weighted by atomic mass is 127. The van der Waals surface area contributed by atoms with Gasteiger partial charge in [-0.3, -0.25) is 0 Å². The third-order valence-electron chi connectivity index (χ3n) is 1.49. The quantitative estimate of drug-likeness (QED) is 0.850. The summed E-state index contributed by atoms with van der Waals surface area (Å²) in [5.41, 5.74) is 0.724. The molecule has 0 fully saturated rings. The topological polar surface area (TPSA) is 29.5 Å². The summed E-state index contributed by atoms with van der Waals surface area (Å²) in [5.74, 6) is 0.734. The predicted octanol–water partition coefficient (Wildman–Crippen LogP) is 2.45. The van der Waals surface area contributed by atoms with Gasteiger partial charge in [0.15, 0.2) is 0 Å². The van der Waals surface area contributed by atoms with Gasteiger partial charge >= 0.3 is 0 Å². The van der Waals surface area contributed by atoms with E-state index in [-0.39, 0.29) is 6.61 Å². The fraction of sp³-hybridized carbons (Fsp3) is 0.250. The molecule has 0 heterocycles. The van der Waals surface area contributed by atoms with E-state index in [1.54, 1.807) is 13.2 Å². The van der Waals surface area contributed by atoms with Crippen LogP contribution in [0, 0.1) is 3.57 Å². The maximum absolute atomic E-state index is 8.88. The fourth-order valence-corrected chi connectivity index (χ4v) is 1.81. The van der Waals surface area contributed by atoms with E-state index < -0.39 is 0 Å². The lowest BCUT2D eigenvalue weighted by atomic mass is 10.2. The average Bonchev–Trinajstić information content (AvgIpc) is 2.08. The zero-order chi connectivity index (χ0) is 9.14. The Balaban J connectivity index is 3.16. The van der Waals surface area contributed by atoms with Crippen LogP contribution in [0.5, 0.6) is 5.75 Å². The molecule has 0 atom stereocenters. The first-order chi connectivity index (χ1) is 5.69. The van der Waals surface area contributed by atoms with Crippen molar-refractivity contribution < 1.29 is 9.84 Å². The van der Waals surface area contributed by atoms with E-state index in [0.717, 1.165) is 14.9 Å². The highest BCUT2D eigenvalue weighted by molar-refractivity contribution is 14.1. The van der Waals surface area contributed by atoms with Crippen molar-refractivity contribution in [3.05, 3.63) is 26.3 Å². The number of ether oxygens (including phenoxy) is 1. The van der Waals surface area contributed by atoms with Crippen LogP contribution in [0.15, 0.2) is 12.1 Å². The van der Waals surface area contributed by atoms with E-state index in [4.69, 9.17) is 21.4 Å². The van der Waals surface area contributed by atoms with Crippen molar-refractivity contribution in [1.29, 1.82) is 0 Å². The molecule has 0 unspecified atom stereocenters. The largest absolute Gasteiger partial charge is 0.496 e. The minimum Gasteiger partial charge on any atom is -0.496 e. The number of methoxy groups -OCH3 is 1. The molecule has 0 radical (unpaired) electrons. The van der Waals surface area contributed by atoms with Gasteiger partial charge < -0.3 is 9.84 Å². The summed E-state index contributed by atoms with van der Waals surface area (Å²) in [5, 5.41) is 9.41. The third kappa shape index (κ3) is 2.02. The summed E-state index contributed by atoms with van der Waals surface area (Å²) in [7, 11) is 1.59. The van der Waals surface area contributed by atoms with E-state index in [1.165, 1.54) is 0 Å². The SMILES string of the molecule is COc1cc(Cl)c(CO)cc1I. The first-order valence-electron chi connectivity index (χ1n) is 3.31. The molecule has 0 saturated heterocycles. The van der Waals surface area contributed by atoms with Gasteiger partial charge in [0.1, 0.15) is 5.75 Å². The molecule has 0 aliphatic carbocycles. The molecule has 0 aliphatic heterocycles. The minimum absolute atomic E-state index is 0.0428. The molecule has 1 N–H and O–H groups in total. The van der Waals surface area contributed by atoms with Crippen LogP contribution < -0.4 is 4.74 Å². The number of aliphatic hydroxyl groups excluding tert-OH is 1. The number of aliphatic hydroxyl groups is 1. The molecule has 1 rings (SSSR count). The van der Waals surface area contributed by atoms with Gasteiger partial charge in [0, 0.05) is 11.1 Å². The molecule has 4 heteroatoms. The van der Waals surface area contributed by atoms with E-state index >= 15 is 0 Å². The van der Waals surface area contributed by atoms with Crippen LogP contribution in [-0.2, 0) is 6.61 Å². The van der Waals surface area contributed by atoms with Crippen LogP contribution in [0.2, 0.25) is 5.02 Å². The van der Waals surface area contributed by atoms with Crippen molar-refractivity contribution in [3.8, 4) is 5.75 Å². The molecular formula is C8H8ClIO2. The Morgan fingerprint density at radius 3 is 2.75 bits per heavy atom. The second-order valence-corrected chi connectivity index (χ2v) is 3.81. The summed E-state index contributed by atoms with van der Waals surface area (Å²) in [6, 6.07) is 3.51. The average molecular weight is 299 g/mol. The van der Waals surface area contributed by atoms with Crippen molar-refractivity contribution >= 4 is 34.2 Å². The normalized spacial score (nSPS) is 10.0. The van der Waals surface area contributed by atoms with Gasteiger partial charge in [0.05, 0.1) is 17.3 Å². The Labute approximate surface area is 89.6 Å². The molecule has 12 heavy (non-hydrogen) atoms. The van der Waals surface area contributed by atoms with Gasteiger partial charge in [-0.15, -0.1) is 0 Å². The minimum atomic E-state index is -0.0428. The standard InChI is InChI=1S/C8H8ClIO2/c1-12-8-3-6(9)5(4-11)2-7(8)10/h2-3,11H,4H2,1H3. The van der Waals surface area contributed by atoms with E-state index in [1.807, 2.05) is 6.07 Å². The Morgan fingerprint density at radius 1 is 1.58 bits per heavy atom. The number of hydrogen-bond donors (Lipinski definition) is 1. The number of halogens is 2. The summed E-state index contributed by atoms with van der Waals surface area (Å²) in [6.07, 6.45) is 0. The highest BCUT2D eigenvalue weighted by Crippen LogP contribution is 2.28. The summed E-state index contributed by atoms with van der Waals surface area (Å²) in [4.78, 5) is 0. The van der Waals surface area contributed by atoms with E-state index in [0.29, 0.717) is 5.02 Å². The summed E-state index contributed by atoms with van der Waals surface area (Å²) < 4.78 is 6.00. The smallest absolute Gasteiger partial charge is 0.133 e. The zero-order valence-corrected chi connectivity index (χ0v) is 9.39. The molecule has 0 amide bonds. The lowest BCUT2D eigenvalue weighted by Gasteiger charge is -2.06. The van der Waals surface area contributed by atoms with E-state index in [2.05, 4.69) is 22.6 Å². The van der Waals surface area contributed by atoms with Crippen LogP contribution >= 0.6 is 34.2 Å². The number of rotatable bonds is 2. The Kier molecular flexibility index (Phi) is 3.61. The third-order valence-corrected chi connectivity index (χ3v) is 2.69. The van der Waals surface area contributed by atoms with Crippen molar-refractivity contribution in [3.63, 3.8) is 0 Å². The predicted molar refractivity (Wildman–Crippen MR) is 56.6 cm³/mol. The van der Waals surface area contributed by atoms with Gasteiger partial charge in [-0.2, -0.15) is 0 Å². The van der Waals surface area contributed by atoms with Gasteiger partial charge in [-0.25, -0.2) is 0 Å². The zero-order valence-electron chi connectivity index (χ0n) is 6.47. The van der Waals surface area contributed by atoms with Gasteiger partial charge in [0.25, 0.3) is 0 Å². The van der Waals surface area contributed by atoms with Gasteiger partial charge in [-0.05, 0) is 34.2 Å². The van der Waals surface area contributed by atoms with Crippen molar-refractivity contribution in [2.24, 2.45) is 0 Å². The molecule has 0 spiro atoms. The van der Waals surface area contributed by atoms with Crippen LogP contribution in [0.4, 0.5) is 0 Å². The molecule has 0 aromatic heterocycles. The summed E-state index contributed by atoms with van der Waals surface area (Å²) in [6.45, 7) is -0.0428. The first kappa shape index (κ1) is 10.1. The van der Waals surface area contributed by atoms with E-state index in [9.17, 15) is 0 Å². The Morgan fingerprint density at radius 2 is 2.25 bits per heavy atom. The molecule has 0 aliphatic rings. The van der Waals surface area contributed by atoms with Crippen molar-refractivity contribution in [2.45, 2.75) is 6.61 Å². The number of hydrogen-bond acceptors (Lipinski definition) is 2. The lowest BCUT2D eigenvalue weighted by molar-refractivity contribution is 0.281. The van der Waals surface area contributed by atoms with Crippen molar-refractivity contribution in [1.82, 2.24) is 0 Å². The highest BCUT2D eigenvalue weighted by Gasteiger charge is 2.05. The van der Waals surface area contributed by atoms with Gasteiger partial charge in [-0.1, -0.05) is 11.6 Å². The second-order valence-electron chi connectivity index (χ2n) is 2.24. The van der Waals surface area contributed by atoms with Crippen LogP contribution in [0.25, 0.3) is 0 Å². The summed E-state index contributed by atoms with van der Waals surface area (Å²) >= 11 is 7.97. The number of benzene rings is 1. The molecule has 66 valence electrons. The molecule has 1 aromatic carbocycles. The molecule has 0 saturated carbocycles. The maximum atomic E-state index is 8.88. The molecule has 2 nitrogen and oxygen atoms in total. The Bertz CT molecular complexity index is 259. The van der Waals surface area contributed by atoms with Crippen LogP contribution in [-0.4, -0.2) is 12.2 Å². The monoisotopic (exact) mass is 298 g/mol. The van der Waals surface area contributed by atoms with Crippen LogP contribution in [0.3, 0.4) is 0 Å².